The lowest BCUT2D eigenvalue weighted by atomic mass is 10.1. The summed E-state index contributed by atoms with van der Waals surface area (Å²) < 4.78 is 7.25. The van der Waals surface area contributed by atoms with Crippen LogP contribution in [0.15, 0.2) is 152 Å². The van der Waals surface area contributed by atoms with Crippen LogP contribution in [0.1, 0.15) is 0 Å². The predicted molar refractivity (Wildman–Crippen MR) is 172 cm³/mol. The van der Waals surface area contributed by atoms with E-state index in [1.54, 1.807) is 0 Å². The molecular formula is C38H25N3. The Morgan fingerprint density at radius 3 is 1.27 bits per heavy atom. The highest BCUT2D eigenvalue weighted by Gasteiger charge is 2.22. The molecule has 0 bridgehead atoms. The summed E-state index contributed by atoms with van der Waals surface area (Å²) in [5.74, 6) is 0. The highest BCUT2D eigenvalue weighted by molar-refractivity contribution is 6.20. The van der Waals surface area contributed by atoms with E-state index in [1.807, 2.05) is 0 Å². The summed E-state index contributed by atoms with van der Waals surface area (Å²) in [6.45, 7) is 0. The SMILES string of the molecule is c1ccc(-n2c3ccccc3c3cc(-n4c5ccccc5c5c4c4ccccc4n5-c4ccccc4)ccc32)cc1. The lowest BCUT2D eigenvalue weighted by Gasteiger charge is -2.10. The van der Waals surface area contributed by atoms with Gasteiger partial charge in [-0.2, -0.15) is 0 Å². The van der Waals surface area contributed by atoms with Crippen molar-refractivity contribution in [1.82, 2.24) is 13.7 Å². The number of rotatable bonds is 3. The number of fused-ring (bicyclic) bond motifs is 8. The fraction of sp³-hybridized carbons (Fsp3) is 0. The minimum Gasteiger partial charge on any atom is -0.309 e. The standard InChI is InChI=1S/C38H25N3/c1-3-13-26(14-4-1)39-33-20-10-7-17-29(33)32-25-28(23-24-36(32)39)41-35-22-12-9-19-31(35)37-38(41)30-18-8-11-21-34(30)40(37)27-15-5-2-6-16-27/h1-25H. The van der Waals surface area contributed by atoms with Gasteiger partial charge < -0.3 is 13.7 Å². The Kier molecular flexibility index (Phi) is 4.61. The van der Waals surface area contributed by atoms with Gasteiger partial charge in [0.15, 0.2) is 0 Å². The van der Waals surface area contributed by atoms with Crippen molar-refractivity contribution in [3.8, 4) is 17.1 Å². The van der Waals surface area contributed by atoms with Gasteiger partial charge in [0.05, 0.1) is 33.1 Å². The molecule has 0 atom stereocenters. The lowest BCUT2D eigenvalue weighted by Crippen LogP contribution is -1.95. The second-order valence-electron chi connectivity index (χ2n) is 10.6. The molecule has 3 nitrogen and oxygen atoms in total. The first kappa shape index (κ1) is 22.3. The number of para-hydroxylation sites is 5. The Balaban J connectivity index is 1.42. The van der Waals surface area contributed by atoms with Crippen molar-refractivity contribution < 1.29 is 0 Å². The van der Waals surface area contributed by atoms with E-state index in [-0.39, 0.29) is 0 Å². The van der Waals surface area contributed by atoms with Gasteiger partial charge in [0.25, 0.3) is 0 Å². The molecule has 3 heterocycles. The van der Waals surface area contributed by atoms with Gasteiger partial charge in [0, 0.05) is 38.6 Å². The number of aromatic nitrogens is 3. The van der Waals surface area contributed by atoms with Gasteiger partial charge >= 0.3 is 0 Å². The van der Waals surface area contributed by atoms with Crippen molar-refractivity contribution in [2.24, 2.45) is 0 Å². The molecule has 9 aromatic rings. The topological polar surface area (TPSA) is 14.8 Å². The molecule has 0 saturated heterocycles. The first-order valence-electron chi connectivity index (χ1n) is 14.1. The Morgan fingerprint density at radius 2 is 0.683 bits per heavy atom. The Labute approximate surface area is 236 Å². The molecule has 41 heavy (non-hydrogen) atoms. The van der Waals surface area contributed by atoms with Gasteiger partial charge in [0.1, 0.15) is 0 Å². The quantitative estimate of drug-likeness (QED) is 0.219. The molecule has 9 rings (SSSR count). The monoisotopic (exact) mass is 523 g/mol. The van der Waals surface area contributed by atoms with Crippen molar-refractivity contribution in [3.63, 3.8) is 0 Å². The summed E-state index contributed by atoms with van der Waals surface area (Å²) in [5.41, 5.74) is 10.8. The van der Waals surface area contributed by atoms with Crippen LogP contribution in [0.3, 0.4) is 0 Å². The van der Waals surface area contributed by atoms with E-state index in [1.165, 1.54) is 66.0 Å². The average Bonchev–Trinajstić information content (AvgIpc) is 3.67. The van der Waals surface area contributed by atoms with Crippen LogP contribution in [0.25, 0.3) is 71.7 Å². The van der Waals surface area contributed by atoms with E-state index in [9.17, 15) is 0 Å². The molecule has 3 heteroatoms. The Hall–Kier alpha value is -5.54. The third-order valence-corrected chi connectivity index (χ3v) is 8.41. The summed E-state index contributed by atoms with van der Waals surface area (Å²) in [6.07, 6.45) is 0. The normalized spacial score (nSPS) is 11.9. The van der Waals surface area contributed by atoms with E-state index in [0.29, 0.717) is 0 Å². The van der Waals surface area contributed by atoms with Gasteiger partial charge in [-0.1, -0.05) is 91.0 Å². The fourth-order valence-electron chi connectivity index (χ4n) is 6.76. The van der Waals surface area contributed by atoms with Crippen molar-refractivity contribution in [3.05, 3.63) is 152 Å². The van der Waals surface area contributed by atoms with Gasteiger partial charge in [-0.3, -0.25) is 0 Å². The zero-order valence-corrected chi connectivity index (χ0v) is 22.3. The highest BCUT2D eigenvalue weighted by Crippen LogP contribution is 2.41. The van der Waals surface area contributed by atoms with Gasteiger partial charge in [-0.15, -0.1) is 0 Å². The molecule has 3 aromatic heterocycles. The maximum atomic E-state index is 2.46. The van der Waals surface area contributed by atoms with Crippen LogP contribution in [-0.2, 0) is 0 Å². The van der Waals surface area contributed by atoms with E-state index >= 15 is 0 Å². The number of benzene rings is 6. The van der Waals surface area contributed by atoms with Crippen LogP contribution in [0, 0.1) is 0 Å². The minimum atomic E-state index is 1.16. The zero-order chi connectivity index (χ0) is 26.9. The van der Waals surface area contributed by atoms with E-state index < -0.39 is 0 Å². The first-order chi connectivity index (χ1) is 20.4. The average molecular weight is 524 g/mol. The maximum Gasteiger partial charge on any atom is 0.0803 e. The van der Waals surface area contributed by atoms with Crippen LogP contribution in [0.5, 0.6) is 0 Å². The molecule has 6 aromatic carbocycles. The number of nitrogens with zero attached hydrogens (tertiary/aromatic N) is 3. The van der Waals surface area contributed by atoms with Crippen LogP contribution in [-0.4, -0.2) is 13.7 Å². The molecule has 0 amide bonds. The molecule has 0 radical (unpaired) electrons. The second-order valence-corrected chi connectivity index (χ2v) is 10.6. The molecule has 192 valence electrons. The molecule has 0 aliphatic carbocycles. The first-order valence-corrected chi connectivity index (χ1v) is 14.1. The van der Waals surface area contributed by atoms with Crippen LogP contribution in [0.2, 0.25) is 0 Å². The molecule has 0 aliphatic rings. The third-order valence-electron chi connectivity index (χ3n) is 8.41. The number of hydrogen-bond donors (Lipinski definition) is 0. The summed E-state index contributed by atoms with van der Waals surface area (Å²) in [7, 11) is 0. The minimum absolute atomic E-state index is 1.16. The zero-order valence-electron chi connectivity index (χ0n) is 22.3. The Morgan fingerprint density at radius 1 is 0.268 bits per heavy atom. The van der Waals surface area contributed by atoms with Crippen molar-refractivity contribution >= 4 is 54.6 Å². The van der Waals surface area contributed by atoms with Crippen molar-refractivity contribution in [2.75, 3.05) is 0 Å². The molecule has 0 saturated carbocycles. The van der Waals surface area contributed by atoms with E-state index in [4.69, 9.17) is 0 Å². The third kappa shape index (κ3) is 3.09. The maximum absolute atomic E-state index is 2.46. The second kappa shape index (κ2) is 8.48. The van der Waals surface area contributed by atoms with Crippen LogP contribution >= 0.6 is 0 Å². The molecule has 0 spiro atoms. The van der Waals surface area contributed by atoms with Crippen LogP contribution < -0.4 is 0 Å². The molecule has 0 aliphatic heterocycles. The summed E-state index contributed by atoms with van der Waals surface area (Å²) >= 11 is 0. The van der Waals surface area contributed by atoms with E-state index in [2.05, 4.69) is 165 Å². The van der Waals surface area contributed by atoms with Gasteiger partial charge in [0.2, 0.25) is 0 Å². The number of hydrogen-bond acceptors (Lipinski definition) is 0. The Bertz CT molecular complexity index is 2400. The van der Waals surface area contributed by atoms with Gasteiger partial charge in [-0.05, 0) is 60.7 Å². The fourth-order valence-corrected chi connectivity index (χ4v) is 6.76. The summed E-state index contributed by atoms with van der Waals surface area (Å²) in [4.78, 5) is 0. The smallest absolute Gasteiger partial charge is 0.0803 e. The van der Waals surface area contributed by atoms with Gasteiger partial charge in [-0.25, -0.2) is 0 Å². The summed E-state index contributed by atoms with van der Waals surface area (Å²) in [5, 5.41) is 5.00. The van der Waals surface area contributed by atoms with Crippen molar-refractivity contribution in [2.45, 2.75) is 0 Å². The largest absolute Gasteiger partial charge is 0.309 e. The molecule has 0 unspecified atom stereocenters. The molecule has 0 N–H and O–H groups in total. The molecule has 0 fully saturated rings. The van der Waals surface area contributed by atoms with Crippen molar-refractivity contribution in [1.29, 1.82) is 0 Å². The predicted octanol–water partition coefficient (Wildman–Crippen LogP) is 9.82. The summed E-state index contributed by atoms with van der Waals surface area (Å²) in [6, 6.07) is 54.6. The highest BCUT2D eigenvalue weighted by atomic mass is 15.1. The van der Waals surface area contributed by atoms with Crippen LogP contribution in [0.4, 0.5) is 0 Å². The van der Waals surface area contributed by atoms with E-state index in [0.717, 1.165) is 5.69 Å². The molecular weight excluding hydrogens is 498 g/mol. The lowest BCUT2D eigenvalue weighted by molar-refractivity contribution is 1.16.